The largest absolute Gasteiger partial charge is 0.573 e. The number of H-pyrrole nitrogens is 1. The molecular weight excluding hydrogens is 543 g/mol. The van der Waals surface area contributed by atoms with Crippen LogP contribution in [0.1, 0.15) is 29.6 Å². The number of tetrazole rings is 1. The fourth-order valence-electron chi connectivity index (χ4n) is 5.20. The van der Waals surface area contributed by atoms with E-state index in [4.69, 9.17) is 9.97 Å². The molecule has 8 nitrogen and oxygen atoms in total. The van der Waals surface area contributed by atoms with Gasteiger partial charge in [0.15, 0.2) is 5.65 Å². The number of halogens is 3. The van der Waals surface area contributed by atoms with E-state index in [1.165, 1.54) is 12.1 Å². The van der Waals surface area contributed by atoms with Crippen molar-refractivity contribution in [2.45, 2.75) is 40.1 Å². The normalized spacial score (nSPS) is 11.8. The lowest BCUT2D eigenvalue weighted by molar-refractivity contribution is -0.274. The molecule has 0 saturated carbocycles. The summed E-state index contributed by atoms with van der Waals surface area (Å²) in [5, 5.41) is 14.4. The summed E-state index contributed by atoms with van der Waals surface area (Å²) < 4.78 is 45.8. The lowest BCUT2D eigenvalue weighted by atomic mass is 9.93. The molecule has 6 aromatic rings. The second kappa shape index (κ2) is 10.7. The molecule has 3 aromatic heterocycles. The third-order valence-corrected chi connectivity index (χ3v) is 7.05. The molecule has 0 atom stereocenters. The topological polar surface area (TPSA) is 94.4 Å². The highest BCUT2D eigenvalue weighted by atomic mass is 19.4. The maximum absolute atomic E-state index is 13.1. The van der Waals surface area contributed by atoms with Crippen LogP contribution in [0.3, 0.4) is 0 Å². The summed E-state index contributed by atoms with van der Waals surface area (Å²) in [7, 11) is 0. The monoisotopic (exact) mass is 569 g/mol. The first kappa shape index (κ1) is 27.1. The van der Waals surface area contributed by atoms with Crippen LogP contribution in [0.4, 0.5) is 13.2 Å². The number of rotatable bonds is 7. The van der Waals surface area contributed by atoms with Gasteiger partial charge in [-0.3, -0.25) is 0 Å². The minimum atomic E-state index is -4.82. The van der Waals surface area contributed by atoms with Gasteiger partial charge in [0.1, 0.15) is 17.1 Å². The van der Waals surface area contributed by atoms with E-state index < -0.39 is 6.36 Å². The Balaban J connectivity index is 1.40. The van der Waals surface area contributed by atoms with E-state index in [2.05, 4.69) is 36.9 Å². The number of para-hydroxylation sites is 1. The van der Waals surface area contributed by atoms with Gasteiger partial charge in [0.25, 0.3) is 0 Å². The van der Waals surface area contributed by atoms with E-state index in [9.17, 15) is 13.2 Å². The van der Waals surface area contributed by atoms with Crippen molar-refractivity contribution in [2.24, 2.45) is 0 Å². The molecule has 6 rings (SSSR count). The Hall–Kier alpha value is -5.06. The predicted molar refractivity (Wildman–Crippen MR) is 153 cm³/mol. The number of hydrogen-bond donors (Lipinski definition) is 1. The van der Waals surface area contributed by atoms with Gasteiger partial charge in [-0.1, -0.05) is 55.5 Å². The van der Waals surface area contributed by atoms with Crippen LogP contribution in [0, 0.1) is 13.8 Å². The van der Waals surface area contributed by atoms with Crippen molar-refractivity contribution >= 4 is 11.2 Å². The average molecular weight is 570 g/mol. The van der Waals surface area contributed by atoms with E-state index in [1.54, 1.807) is 24.3 Å². The number of aryl methyl sites for hydroxylation is 3. The van der Waals surface area contributed by atoms with Crippen LogP contribution < -0.4 is 4.74 Å². The molecule has 0 spiro atoms. The number of ether oxygens (including phenoxy) is 1. The molecule has 0 saturated heterocycles. The van der Waals surface area contributed by atoms with Gasteiger partial charge >= 0.3 is 6.36 Å². The maximum atomic E-state index is 13.1. The summed E-state index contributed by atoms with van der Waals surface area (Å²) in [5.74, 6) is 1.05. The smallest absolute Gasteiger partial charge is 0.405 e. The van der Waals surface area contributed by atoms with Gasteiger partial charge in [-0.25, -0.2) is 9.97 Å². The summed E-state index contributed by atoms with van der Waals surface area (Å²) in [4.78, 5) is 9.61. The molecular formula is C31H26F3N7O. The Kier molecular flexibility index (Phi) is 6.93. The Morgan fingerprint density at radius 1 is 0.857 bits per heavy atom. The zero-order chi connectivity index (χ0) is 29.4. The number of pyridine rings is 1. The van der Waals surface area contributed by atoms with Crippen molar-refractivity contribution in [1.29, 1.82) is 0 Å². The van der Waals surface area contributed by atoms with E-state index in [0.29, 0.717) is 29.1 Å². The number of alkyl halides is 3. The molecule has 3 heterocycles. The first-order chi connectivity index (χ1) is 20.2. The van der Waals surface area contributed by atoms with E-state index in [1.807, 2.05) is 50.2 Å². The molecule has 0 fully saturated rings. The highest BCUT2D eigenvalue weighted by molar-refractivity contribution is 5.86. The summed E-state index contributed by atoms with van der Waals surface area (Å²) in [6, 6.07) is 21.4. The second-order valence-electron chi connectivity index (χ2n) is 9.96. The average Bonchev–Trinajstić information content (AvgIpc) is 3.62. The van der Waals surface area contributed by atoms with Crippen LogP contribution >= 0.6 is 0 Å². The van der Waals surface area contributed by atoms with E-state index in [-0.39, 0.29) is 5.75 Å². The summed E-state index contributed by atoms with van der Waals surface area (Å²) >= 11 is 0. The van der Waals surface area contributed by atoms with Gasteiger partial charge in [-0.2, -0.15) is 5.21 Å². The zero-order valence-electron chi connectivity index (χ0n) is 23.1. The SMILES string of the molecule is CCc1nc2c(C)cc(C)nc2n1Cc1ccc(-c2cc(-c3ccccc3OC(F)(F)F)ccc2-c2nn[nH]n2)cc1. The Labute approximate surface area is 239 Å². The molecule has 212 valence electrons. The fraction of sp³-hybridized carbons (Fsp3) is 0.194. The minimum absolute atomic E-state index is 0.281. The number of benzene rings is 3. The molecule has 0 aliphatic carbocycles. The number of imidazole rings is 1. The van der Waals surface area contributed by atoms with Crippen LogP contribution in [-0.4, -0.2) is 41.5 Å². The van der Waals surface area contributed by atoms with Crippen molar-refractivity contribution < 1.29 is 17.9 Å². The van der Waals surface area contributed by atoms with Gasteiger partial charge in [-0.15, -0.1) is 23.4 Å². The highest BCUT2D eigenvalue weighted by Crippen LogP contribution is 2.38. The zero-order valence-corrected chi connectivity index (χ0v) is 23.1. The molecule has 0 bridgehead atoms. The Morgan fingerprint density at radius 3 is 2.33 bits per heavy atom. The van der Waals surface area contributed by atoms with E-state index in [0.717, 1.165) is 51.4 Å². The number of hydrogen-bond acceptors (Lipinski definition) is 6. The van der Waals surface area contributed by atoms with Gasteiger partial charge in [0, 0.05) is 23.2 Å². The number of nitrogens with one attached hydrogen (secondary N) is 1. The first-order valence-corrected chi connectivity index (χ1v) is 13.4. The van der Waals surface area contributed by atoms with Gasteiger partial charge < -0.3 is 9.30 Å². The maximum Gasteiger partial charge on any atom is 0.573 e. The van der Waals surface area contributed by atoms with Crippen molar-refractivity contribution in [1.82, 2.24) is 35.2 Å². The quantitative estimate of drug-likeness (QED) is 0.221. The van der Waals surface area contributed by atoms with Crippen LogP contribution in [0.5, 0.6) is 5.75 Å². The molecule has 11 heteroatoms. The number of fused-ring (bicyclic) bond motifs is 1. The number of aromatic nitrogens is 7. The first-order valence-electron chi connectivity index (χ1n) is 13.4. The van der Waals surface area contributed by atoms with E-state index >= 15 is 0 Å². The van der Waals surface area contributed by atoms with Gasteiger partial charge in [0.05, 0.1) is 6.54 Å². The van der Waals surface area contributed by atoms with Crippen LogP contribution in [0.15, 0.2) is 72.8 Å². The lowest BCUT2D eigenvalue weighted by Gasteiger charge is -2.15. The molecule has 3 aromatic carbocycles. The standard InChI is InChI=1S/C31H26F3N7O/c1-4-27-36-28-18(2)15-19(3)35-30(28)41(27)17-20-9-11-21(12-10-20)25-16-22(13-14-24(25)29-37-39-40-38-29)23-7-5-6-8-26(23)42-31(32,33)34/h5-16H,4,17H2,1-3H3,(H,37,38,39,40). The molecule has 0 aliphatic heterocycles. The third kappa shape index (κ3) is 5.32. The summed E-state index contributed by atoms with van der Waals surface area (Å²) in [6.07, 6.45) is -4.04. The third-order valence-electron chi connectivity index (χ3n) is 7.05. The molecule has 0 unspecified atom stereocenters. The van der Waals surface area contributed by atoms with Crippen molar-refractivity contribution in [2.75, 3.05) is 0 Å². The number of nitrogens with zero attached hydrogens (tertiary/aromatic N) is 6. The van der Waals surface area contributed by atoms with Crippen LogP contribution in [0.2, 0.25) is 0 Å². The molecule has 1 N–H and O–H groups in total. The van der Waals surface area contributed by atoms with Crippen molar-refractivity contribution in [3.8, 4) is 39.4 Å². The molecule has 0 aliphatic rings. The van der Waals surface area contributed by atoms with Crippen molar-refractivity contribution in [3.05, 3.63) is 95.4 Å². The molecule has 0 amide bonds. The Morgan fingerprint density at radius 2 is 1.62 bits per heavy atom. The second-order valence-corrected chi connectivity index (χ2v) is 9.96. The fourth-order valence-corrected chi connectivity index (χ4v) is 5.20. The molecule has 0 radical (unpaired) electrons. The van der Waals surface area contributed by atoms with Gasteiger partial charge in [-0.05, 0) is 71.1 Å². The molecule has 42 heavy (non-hydrogen) atoms. The predicted octanol–water partition coefficient (Wildman–Crippen LogP) is 7.07. The Bertz CT molecular complexity index is 1880. The summed E-state index contributed by atoms with van der Waals surface area (Å²) in [5.41, 5.74) is 7.97. The summed E-state index contributed by atoms with van der Waals surface area (Å²) in [6.45, 7) is 6.70. The lowest BCUT2D eigenvalue weighted by Crippen LogP contribution is -2.17. The highest BCUT2D eigenvalue weighted by Gasteiger charge is 2.32. The van der Waals surface area contributed by atoms with Crippen LogP contribution in [-0.2, 0) is 13.0 Å². The van der Waals surface area contributed by atoms with Gasteiger partial charge in [0.2, 0.25) is 5.82 Å². The van der Waals surface area contributed by atoms with Crippen LogP contribution in [0.25, 0.3) is 44.8 Å². The van der Waals surface area contributed by atoms with Crippen molar-refractivity contribution in [3.63, 3.8) is 0 Å². The number of aromatic amines is 1. The minimum Gasteiger partial charge on any atom is -0.405 e.